The predicted molar refractivity (Wildman–Crippen MR) is 81.4 cm³/mol. The largest absolute Gasteiger partial charge is 0.389 e. The molecular formula is C18H28O. The van der Waals surface area contributed by atoms with Crippen LogP contribution in [-0.4, -0.2) is 10.7 Å². The Balaban J connectivity index is 2.02. The molecule has 2 atom stereocenters. The van der Waals surface area contributed by atoms with E-state index in [0.717, 1.165) is 19.3 Å². The lowest BCUT2D eigenvalue weighted by molar-refractivity contribution is -0.0264. The van der Waals surface area contributed by atoms with Crippen LogP contribution in [0, 0.1) is 0 Å². The van der Waals surface area contributed by atoms with Crippen molar-refractivity contribution in [1.82, 2.24) is 0 Å². The molecule has 0 aromatic heterocycles. The maximum Gasteiger partial charge on any atom is 0.0716 e. The predicted octanol–water partition coefficient (Wildman–Crippen LogP) is 5.05. The van der Waals surface area contributed by atoms with Crippen molar-refractivity contribution in [2.75, 3.05) is 0 Å². The Hall–Kier alpha value is -0.820. The van der Waals surface area contributed by atoms with E-state index in [1.54, 1.807) is 0 Å². The second-order valence-corrected chi connectivity index (χ2v) is 6.12. The third kappa shape index (κ3) is 3.82. The summed E-state index contributed by atoms with van der Waals surface area (Å²) in [6, 6.07) is 10.6. The highest BCUT2D eigenvalue weighted by Crippen LogP contribution is 2.43. The van der Waals surface area contributed by atoms with Crippen molar-refractivity contribution in [3.05, 3.63) is 35.9 Å². The third-order valence-electron chi connectivity index (χ3n) is 4.67. The maximum atomic E-state index is 11.1. The van der Waals surface area contributed by atoms with Crippen LogP contribution < -0.4 is 0 Å². The van der Waals surface area contributed by atoms with Crippen molar-refractivity contribution < 1.29 is 5.11 Å². The molecule has 0 aliphatic heterocycles. The number of hydrogen-bond acceptors (Lipinski definition) is 1. The summed E-state index contributed by atoms with van der Waals surface area (Å²) < 4.78 is 0. The zero-order valence-corrected chi connectivity index (χ0v) is 12.3. The first kappa shape index (κ1) is 14.6. The van der Waals surface area contributed by atoms with Crippen LogP contribution in [0.1, 0.15) is 76.2 Å². The molecule has 1 aliphatic carbocycles. The van der Waals surface area contributed by atoms with Gasteiger partial charge in [0.05, 0.1) is 5.60 Å². The lowest BCUT2D eigenvalue weighted by atomic mass is 9.70. The standard InChI is InChI=1S/C18H28O/c1-2-3-4-9-14-18(19)15-10-8-13-17(18)16-11-6-5-7-12-16/h5-7,11-12,17,19H,2-4,8-10,13-15H2,1H3. The molecule has 1 nitrogen and oxygen atoms in total. The maximum absolute atomic E-state index is 11.1. The third-order valence-corrected chi connectivity index (χ3v) is 4.67. The minimum absolute atomic E-state index is 0.351. The van der Waals surface area contributed by atoms with Gasteiger partial charge in [-0.3, -0.25) is 0 Å². The van der Waals surface area contributed by atoms with Crippen molar-refractivity contribution >= 4 is 0 Å². The zero-order valence-electron chi connectivity index (χ0n) is 12.3. The first-order valence-corrected chi connectivity index (χ1v) is 8.03. The first-order valence-electron chi connectivity index (χ1n) is 8.03. The fourth-order valence-corrected chi connectivity index (χ4v) is 3.54. The van der Waals surface area contributed by atoms with E-state index >= 15 is 0 Å². The molecule has 0 saturated heterocycles. The van der Waals surface area contributed by atoms with Crippen molar-refractivity contribution in [3.63, 3.8) is 0 Å². The minimum atomic E-state index is -0.451. The Bertz CT molecular complexity index is 359. The minimum Gasteiger partial charge on any atom is -0.389 e. The van der Waals surface area contributed by atoms with Crippen LogP contribution in [0.25, 0.3) is 0 Å². The van der Waals surface area contributed by atoms with Crippen molar-refractivity contribution in [2.24, 2.45) is 0 Å². The van der Waals surface area contributed by atoms with Gasteiger partial charge in [-0.1, -0.05) is 75.8 Å². The van der Waals surface area contributed by atoms with Gasteiger partial charge < -0.3 is 5.11 Å². The van der Waals surface area contributed by atoms with Gasteiger partial charge in [0.25, 0.3) is 0 Å². The molecule has 1 aliphatic rings. The highest BCUT2D eigenvalue weighted by Gasteiger charge is 2.38. The van der Waals surface area contributed by atoms with E-state index in [9.17, 15) is 5.11 Å². The highest BCUT2D eigenvalue weighted by atomic mass is 16.3. The number of hydrogen-bond donors (Lipinski definition) is 1. The van der Waals surface area contributed by atoms with Gasteiger partial charge in [0.1, 0.15) is 0 Å². The highest BCUT2D eigenvalue weighted by molar-refractivity contribution is 5.23. The van der Waals surface area contributed by atoms with E-state index in [1.165, 1.54) is 44.1 Å². The zero-order chi connectivity index (χ0) is 13.6. The molecule has 1 aromatic rings. The lowest BCUT2D eigenvalue weighted by Gasteiger charge is -2.40. The van der Waals surface area contributed by atoms with E-state index < -0.39 is 5.60 Å². The van der Waals surface area contributed by atoms with Gasteiger partial charge in [0.2, 0.25) is 0 Å². The molecule has 0 radical (unpaired) electrons. The Morgan fingerprint density at radius 1 is 1.11 bits per heavy atom. The van der Waals surface area contributed by atoms with Crippen molar-refractivity contribution in [2.45, 2.75) is 76.2 Å². The van der Waals surface area contributed by atoms with E-state index in [2.05, 4.69) is 37.3 Å². The summed E-state index contributed by atoms with van der Waals surface area (Å²) in [6.07, 6.45) is 10.6. The SMILES string of the molecule is CCCCCCC1(O)CCCCC1c1ccccc1. The molecular weight excluding hydrogens is 232 g/mol. The quantitative estimate of drug-likeness (QED) is 0.710. The van der Waals surface area contributed by atoms with E-state index in [-0.39, 0.29) is 0 Å². The number of rotatable bonds is 6. The summed E-state index contributed by atoms with van der Waals surface area (Å²) >= 11 is 0. The lowest BCUT2D eigenvalue weighted by Crippen LogP contribution is -2.39. The van der Waals surface area contributed by atoms with Crippen LogP contribution in [0.3, 0.4) is 0 Å². The van der Waals surface area contributed by atoms with Crippen LogP contribution in [0.2, 0.25) is 0 Å². The first-order chi connectivity index (χ1) is 9.26. The Morgan fingerprint density at radius 2 is 1.89 bits per heavy atom. The van der Waals surface area contributed by atoms with Gasteiger partial charge in [0.15, 0.2) is 0 Å². The number of unbranched alkanes of at least 4 members (excludes halogenated alkanes) is 3. The molecule has 0 heterocycles. The normalized spacial score (nSPS) is 27.4. The average molecular weight is 260 g/mol. The molecule has 0 spiro atoms. The average Bonchev–Trinajstić information content (AvgIpc) is 2.45. The van der Waals surface area contributed by atoms with Crippen LogP contribution >= 0.6 is 0 Å². The van der Waals surface area contributed by atoms with Gasteiger partial charge >= 0.3 is 0 Å². The molecule has 0 amide bonds. The molecule has 1 saturated carbocycles. The summed E-state index contributed by atoms with van der Waals surface area (Å²) in [5.74, 6) is 0.351. The van der Waals surface area contributed by atoms with E-state index in [1.807, 2.05) is 0 Å². The van der Waals surface area contributed by atoms with Gasteiger partial charge in [-0.15, -0.1) is 0 Å². The molecule has 19 heavy (non-hydrogen) atoms. The molecule has 2 rings (SSSR count). The van der Waals surface area contributed by atoms with Gasteiger partial charge in [0, 0.05) is 5.92 Å². The second kappa shape index (κ2) is 7.09. The van der Waals surface area contributed by atoms with Gasteiger partial charge in [-0.25, -0.2) is 0 Å². The number of benzene rings is 1. The van der Waals surface area contributed by atoms with E-state index in [0.29, 0.717) is 5.92 Å². The monoisotopic (exact) mass is 260 g/mol. The Labute approximate surface area is 118 Å². The molecule has 1 N–H and O–H groups in total. The fourth-order valence-electron chi connectivity index (χ4n) is 3.54. The Kier molecular flexibility index (Phi) is 5.45. The van der Waals surface area contributed by atoms with Crippen LogP contribution in [-0.2, 0) is 0 Å². The summed E-state index contributed by atoms with van der Waals surface area (Å²) in [7, 11) is 0. The topological polar surface area (TPSA) is 20.2 Å². The van der Waals surface area contributed by atoms with Crippen molar-refractivity contribution in [3.8, 4) is 0 Å². The number of aliphatic hydroxyl groups is 1. The summed E-state index contributed by atoms with van der Waals surface area (Å²) in [5, 5.41) is 11.1. The van der Waals surface area contributed by atoms with Crippen LogP contribution in [0.4, 0.5) is 0 Å². The summed E-state index contributed by atoms with van der Waals surface area (Å²) in [5.41, 5.74) is 0.882. The summed E-state index contributed by atoms with van der Waals surface area (Å²) in [6.45, 7) is 2.24. The molecule has 106 valence electrons. The van der Waals surface area contributed by atoms with Crippen LogP contribution in [0.15, 0.2) is 30.3 Å². The van der Waals surface area contributed by atoms with Gasteiger partial charge in [-0.2, -0.15) is 0 Å². The molecule has 0 bridgehead atoms. The Morgan fingerprint density at radius 3 is 2.63 bits per heavy atom. The van der Waals surface area contributed by atoms with Gasteiger partial charge in [-0.05, 0) is 24.8 Å². The van der Waals surface area contributed by atoms with Crippen LogP contribution in [0.5, 0.6) is 0 Å². The van der Waals surface area contributed by atoms with E-state index in [4.69, 9.17) is 0 Å². The molecule has 1 heteroatoms. The fraction of sp³-hybridized carbons (Fsp3) is 0.667. The van der Waals surface area contributed by atoms with Crippen molar-refractivity contribution in [1.29, 1.82) is 0 Å². The molecule has 1 fully saturated rings. The summed E-state index contributed by atoms with van der Waals surface area (Å²) in [4.78, 5) is 0. The second-order valence-electron chi connectivity index (χ2n) is 6.12. The molecule has 1 aromatic carbocycles. The molecule has 2 unspecified atom stereocenters. The smallest absolute Gasteiger partial charge is 0.0716 e.